The fourth-order valence-electron chi connectivity index (χ4n) is 12.2. The van der Waals surface area contributed by atoms with Crippen molar-refractivity contribution in [1.82, 2.24) is 15.1 Å². The number of halogens is 1. The number of β-lactam (4-membered cyclic amide) rings is 3. The molecule has 0 bridgehead atoms. The third kappa shape index (κ3) is 22.9. The van der Waals surface area contributed by atoms with Crippen molar-refractivity contribution in [3.05, 3.63) is 147 Å². The first-order valence-corrected chi connectivity index (χ1v) is 38.0. The Balaban J connectivity index is 0.000000244. The van der Waals surface area contributed by atoms with E-state index >= 15 is 0 Å². The van der Waals surface area contributed by atoms with Crippen LogP contribution in [0.25, 0.3) is 4.65 Å². The summed E-state index contributed by atoms with van der Waals surface area (Å²) in [5.74, 6) is 0.484. The molecule has 5 amide bonds. The molecule has 11 nitrogen and oxygen atoms in total. The molecule has 6 fully saturated rings. The summed E-state index contributed by atoms with van der Waals surface area (Å²) in [5, 5.41) is 2.57. The van der Waals surface area contributed by atoms with Gasteiger partial charge in [-0.25, -0.2) is 0 Å². The van der Waals surface area contributed by atoms with Crippen LogP contribution >= 0.6 is 11.6 Å². The van der Waals surface area contributed by atoms with Gasteiger partial charge in [0.25, 0.3) is 11.1 Å². The van der Waals surface area contributed by atoms with E-state index in [0.29, 0.717) is 41.8 Å². The van der Waals surface area contributed by atoms with E-state index in [1.54, 1.807) is 48.1 Å². The Morgan fingerprint density at radius 1 is 0.619 bits per heavy atom. The maximum atomic E-state index is 13.7. The summed E-state index contributed by atoms with van der Waals surface area (Å²) in [6.45, 7) is 19.4. The molecule has 7 atom stereocenters. The number of Topliss-reactive ketones (excluding diaryl/α,β-unsaturated/α-hetero) is 1. The van der Waals surface area contributed by atoms with Crippen LogP contribution in [-0.2, 0) is 19.2 Å². The predicted octanol–water partition coefficient (Wildman–Crippen LogP) is 12.1. The van der Waals surface area contributed by atoms with Crippen LogP contribution in [0.3, 0.4) is 0 Å². The van der Waals surface area contributed by atoms with E-state index in [-0.39, 0.29) is 78.1 Å². The van der Waals surface area contributed by atoms with Crippen LogP contribution in [0.5, 0.6) is 0 Å². The molecule has 6 aliphatic rings. The third-order valence-electron chi connectivity index (χ3n) is 16.2. The predicted molar refractivity (Wildman–Crippen MR) is 346 cm³/mol. The van der Waals surface area contributed by atoms with Crippen LogP contribution < -0.4 is 24.2 Å². The molecule has 3 heterocycles. The fraction of sp³-hybridized carbons (Fsp3) is 0.537. The van der Waals surface area contributed by atoms with Gasteiger partial charge in [0.1, 0.15) is 0 Å². The molecule has 3 aliphatic carbocycles. The minimum absolute atomic E-state index is 0. The normalized spacial score (nSPS) is 22.9. The van der Waals surface area contributed by atoms with Crippen LogP contribution in [0.2, 0.25) is 46.1 Å². The van der Waals surface area contributed by atoms with Crippen molar-refractivity contribution < 1.29 is 52.4 Å². The molecule has 1 N–H and O–H groups in total. The Bertz CT molecular complexity index is 2740. The molecular formula is C67H94B2ClLiN4O7Si2. The summed E-state index contributed by atoms with van der Waals surface area (Å²) >= 11 is 5.22. The van der Waals surface area contributed by atoms with Crippen molar-refractivity contribution in [2.24, 2.45) is 23.7 Å². The maximum Gasteiger partial charge on any atom is 1.00 e. The number of likely N-dealkylation sites (tertiary alicyclic amines) is 2. The zero-order valence-electron chi connectivity index (χ0n) is 53.3. The number of hydrogen-bond acceptors (Lipinski definition) is 7. The average Bonchev–Trinajstić information content (AvgIpc) is 3.20. The second-order valence-electron chi connectivity index (χ2n) is 25.3. The van der Waals surface area contributed by atoms with Gasteiger partial charge < -0.3 is 9.96 Å². The van der Waals surface area contributed by atoms with Crippen LogP contribution in [0.4, 0.5) is 0 Å². The number of benzene rings is 4. The Morgan fingerprint density at radius 3 is 1.57 bits per heavy atom. The number of ketones is 1. The Kier molecular flexibility index (Phi) is 30.0. The minimum atomic E-state index is -1.11. The van der Waals surface area contributed by atoms with Crippen molar-refractivity contribution in [1.29, 1.82) is 1.34 Å². The zero-order chi connectivity index (χ0) is 61.6. The number of rotatable bonds is 9. The first kappa shape index (κ1) is 70.1. The quantitative estimate of drug-likeness (QED) is 0.0576. The monoisotopic (exact) mass is 1190 g/mol. The summed E-state index contributed by atoms with van der Waals surface area (Å²) in [6.07, 6.45) is 21.1. The fourth-order valence-corrected chi connectivity index (χ4v) is 20.4. The molecular weight excluding hydrogens is 1090 g/mol. The largest absolute Gasteiger partial charge is 1.00 e. The number of carbonyl (C=O) groups is 7. The van der Waals surface area contributed by atoms with E-state index in [1.165, 1.54) is 56.3 Å². The van der Waals surface area contributed by atoms with E-state index in [4.69, 9.17) is 25.3 Å². The number of nitrogens with zero attached hydrogens (tertiary/aromatic N) is 3. The molecule has 0 spiro atoms. The second-order valence-corrected chi connectivity index (χ2v) is 35.2. The van der Waals surface area contributed by atoms with Gasteiger partial charge in [0.2, 0.25) is 23.6 Å². The maximum absolute atomic E-state index is 13.7. The molecule has 17 heteroatoms. The number of fused-ring (bicyclic) bond motifs is 2. The molecule has 0 aromatic heterocycles. The van der Waals surface area contributed by atoms with Gasteiger partial charge in [-0.15, -0.1) is 0 Å². The van der Waals surface area contributed by atoms with Crippen molar-refractivity contribution in [2.75, 3.05) is 0 Å². The Morgan fingerprint density at radius 2 is 1.08 bits per heavy atom. The second kappa shape index (κ2) is 35.9. The SMILES string of the molecule is C[Si](C)(C)[N-][Si](C)(C)C.Cc1ccc(C(=O)C[C@H]2CCCCCC[C@H]2C(=O)N2C(=O)[C@@H]3CCCCCC[C@@H]32)cc1.Cc1ccc(C(=O)Cl)cc1.O=C1CC(c2ccccc2)N1C(=O)c1ccccc1.O=C1N[C@H]2CCCCCC[C@@H]12.[3H]B([B])C.[Li+]. The van der Waals surface area contributed by atoms with Crippen LogP contribution in [-0.4, -0.2) is 95.1 Å². The van der Waals surface area contributed by atoms with Crippen molar-refractivity contribution in [3.63, 3.8) is 0 Å². The van der Waals surface area contributed by atoms with Gasteiger partial charge >= 0.3 is 18.9 Å². The molecule has 10 rings (SSSR count). The molecule has 84 heavy (non-hydrogen) atoms. The van der Waals surface area contributed by atoms with Gasteiger partial charge in [-0.1, -0.05) is 236 Å². The van der Waals surface area contributed by atoms with Crippen LogP contribution in [0.1, 0.15) is 182 Å². The average molecular weight is 1190 g/mol. The zero-order valence-corrected chi connectivity index (χ0v) is 55.1. The van der Waals surface area contributed by atoms with Crippen LogP contribution in [0.15, 0.2) is 109 Å². The third-order valence-corrected chi connectivity index (χ3v) is 21.7. The minimum Gasteiger partial charge on any atom is -0.668 e. The van der Waals surface area contributed by atoms with E-state index in [1.807, 2.05) is 86.6 Å². The molecule has 4 aromatic rings. The van der Waals surface area contributed by atoms with Gasteiger partial charge in [-0.2, -0.15) is 0 Å². The molecule has 1 unspecified atom stereocenters. The molecule has 3 saturated heterocycles. The van der Waals surface area contributed by atoms with Crippen molar-refractivity contribution in [2.45, 2.75) is 206 Å². The Labute approximate surface area is 526 Å². The number of amides is 5. The summed E-state index contributed by atoms with van der Waals surface area (Å²) in [5.41, 5.74) is 5.11. The molecule has 4 aromatic carbocycles. The van der Waals surface area contributed by atoms with E-state index in [0.717, 1.165) is 86.5 Å². The van der Waals surface area contributed by atoms with Gasteiger partial charge in [-0.05, 0) is 101 Å². The van der Waals surface area contributed by atoms with Gasteiger partial charge in [-0.3, -0.25) is 43.4 Å². The molecule has 3 aliphatic heterocycles. The number of aryl methyl sites for hydroxylation is 2. The summed E-state index contributed by atoms with van der Waals surface area (Å²) < 4.78 is 11.2. The molecule has 2 radical (unpaired) electrons. The summed E-state index contributed by atoms with van der Waals surface area (Å²) in [7, 11) is 2.15. The van der Waals surface area contributed by atoms with E-state index in [2.05, 4.69) is 44.6 Å². The first-order chi connectivity index (χ1) is 39.8. The topological polar surface area (TPSA) is 152 Å². The van der Waals surface area contributed by atoms with Crippen LogP contribution in [0, 0.1) is 37.5 Å². The van der Waals surface area contributed by atoms with Gasteiger partial charge in [0.15, 0.2) is 5.78 Å². The first-order valence-electron chi connectivity index (χ1n) is 31.3. The number of carbonyl (C=O) groups excluding carboxylic acids is 7. The standard InChI is InChI=1S/C27H37NO3.C16H13NO2.C9H15NO.C8H7ClO.C6H18NSi2.CH4B2.Li/c1-19-14-16-20(17-15-19)25(29)18-21-10-6-2-3-7-11-22(21)26(30)28-24-13-9-5-4-8-12-23(24)27(28)31;18-15-11-14(12-7-3-1-4-8-12)17(15)16(19)13-9-5-2-6-10-13;11-9-7-5-3-1-2-4-6-8(7)10-9;1-6-2-4-7(5-3-6)8(9)10;1-8(2,3)7-9(4,5)6;1-3-2;/h14-17,21-24H,2-13,18H2,1H3;1-10,14H,11H2;7-8H,1-6H2,(H,10,11);2-5H,1H3;1-6H3;3H,1H3;/q;;;;-1;;+1/t21-,22-,23-,24+;;7-,8+;;;;/m1.1..../s1/i;;;;;3T;. The summed E-state index contributed by atoms with van der Waals surface area (Å²) in [4.78, 5) is 88.2. The number of imide groups is 2. The molecule has 3 saturated carbocycles. The van der Waals surface area contributed by atoms with E-state index in [9.17, 15) is 33.6 Å². The summed E-state index contributed by atoms with van der Waals surface area (Å²) in [6, 6.07) is 34.0. The van der Waals surface area contributed by atoms with E-state index < -0.39 is 28.8 Å². The molecule has 446 valence electrons. The van der Waals surface area contributed by atoms with Crippen molar-refractivity contribution in [3.8, 4) is 0 Å². The smallest absolute Gasteiger partial charge is 0.668 e. The number of nitrogens with one attached hydrogen (secondary N) is 1. The Hall–Kier alpha value is -4.62. The van der Waals surface area contributed by atoms with Crippen molar-refractivity contribution >= 4 is 83.5 Å². The number of hydrogen-bond donors (Lipinski definition) is 1. The van der Waals surface area contributed by atoms with Gasteiger partial charge in [0, 0.05) is 42.8 Å². The van der Waals surface area contributed by atoms with Gasteiger partial charge in [0.05, 0.1) is 37.5 Å².